The van der Waals surface area contributed by atoms with Crippen LogP contribution in [-0.2, 0) is 0 Å². The fraction of sp³-hybridized carbons (Fsp3) is 0.231. The highest BCUT2D eigenvalue weighted by Crippen LogP contribution is 2.12. The first-order valence-electron chi connectivity index (χ1n) is 5.90. The summed E-state index contributed by atoms with van der Waals surface area (Å²) in [5.74, 6) is -0.108. The average molecular weight is 274 g/mol. The van der Waals surface area contributed by atoms with Crippen LogP contribution in [0.3, 0.4) is 0 Å². The second-order valence-electron chi connectivity index (χ2n) is 4.05. The number of nitrogens with zero attached hydrogens (tertiary/aromatic N) is 3. The van der Waals surface area contributed by atoms with Crippen molar-refractivity contribution in [2.24, 2.45) is 5.73 Å². The zero-order valence-electron chi connectivity index (χ0n) is 10.5. The highest BCUT2D eigenvalue weighted by molar-refractivity contribution is 7.80. The lowest BCUT2D eigenvalue weighted by molar-refractivity contribution is 0.0788. The van der Waals surface area contributed by atoms with Crippen molar-refractivity contribution in [2.75, 3.05) is 13.1 Å². The summed E-state index contributed by atoms with van der Waals surface area (Å²) in [7, 11) is 0. The molecular formula is C13H14N4OS. The predicted octanol–water partition coefficient (Wildman–Crippen LogP) is 1.38. The molecule has 0 unspecified atom stereocenters. The number of likely N-dealkylation sites (N-methyl/N-ethyl adjacent to an activating group) is 1. The van der Waals surface area contributed by atoms with E-state index in [2.05, 4.69) is 9.97 Å². The normalized spacial score (nSPS) is 10.4. The Kier molecular flexibility index (Phi) is 4.01. The van der Waals surface area contributed by atoms with E-state index in [1.54, 1.807) is 35.5 Å². The van der Waals surface area contributed by atoms with E-state index in [4.69, 9.17) is 18.0 Å². The van der Waals surface area contributed by atoms with Crippen LogP contribution >= 0.6 is 12.2 Å². The lowest BCUT2D eigenvalue weighted by atomic mass is 10.1. The molecule has 0 aliphatic heterocycles. The second kappa shape index (κ2) is 5.71. The number of thiocarbonyl (C=S) groups is 1. The number of hydrogen-bond acceptors (Lipinski definition) is 4. The molecule has 1 aromatic carbocycles. The van der Waals surface area contributed by atoms with Gasteiger partial charge in [-0.05, 0) is 25.1 Å². The summed E-state index contributed by atoms with van der Waals surface area (Å²) in [4.78, 5) is 22.6. The van der Waals surface area contributed by atoms with Crippen LogP contribution in [0.1, 0.15) is 17.3 Å². The summed E-state index contributed by atoms with van der Waals surface area (Å²) >= 11 is 4.85. The molecule has 2 aromatic rings. The first-order chi connectivity index (χ1) is 9.11. The third kappa shape index (κ3) is 3.03. The van der Waals surface area contributed by atoms with Gasteiger partial charge in [0.25, 0.3) is 5.91 Å². The molecule has 98 valence electrons. The summed E-state index contributed by atoms with van der Waals surface area (Å²) in [5.41, 5.74) is 7.51. The van der Waals surface area contributed by atoms with Gasteiger partial charge in [0.1, 0.15) is 0 Å². The first-order valence-corrected chi connectivity index (χ1v) is 6.31. The van der Waals surface area contributed by atoms with E-state index < -0.39 is 0 Å². The number of hydrogen-bond donors (Lipinski definition) is 1. The van der Waals surface area contributed by atoms with Gasteiger partial charge in [-0.2, -0.15) is 0 Å². The Hall–Kier alpha value is -2.08. The molecule has 1 amide bonds. The van der Waals surface area contributed by atoms with E-state index >= 15 is 0 Å². The number of fused-ring (bicyclic) bond motifs is 1. The van der Waals surface area contributed by atoms with Crippen LogP contribution in [0.2, 0.25) is 0 Å². The fourth-order valence-electron chi connectivity index (χ4n) is 1.79. The molecule has 0 aliphatic carbocycles. The zero-order chi connectivity index (χ0) is 13.8. The molecule has 0 spiro atoms. The van der Waals surface area contributed by atoms with E-state index in [-0.39, 0.29) is 12.5 Å². The number of rotatable bonds is 4. The number of aromatic nitrogens is 2. The molecule has 0 fully saturated rings. The van der Waals surface area contributed by atoms with Crippen molar-refractivity contribution in [2.45, 2.75) is 6.92 Å². The number of amides is 1. The summed E-state index contributed by atoms with van der Waals surface area (Å²) in [5, 5.41) is 0. The standard InChI is InChI=1S/C13H14N4OS/c1-2-17(8-12(14)19)13(18)9-3-4-10-11(7-9)16-6-5-15-10/h3-7H,2,8H2,1H3,(H2,14,19). The minimum atomic E-state index is -0.108. The van der Waals surface area contributed by atoms with Crippen molar-refractivity contribution in [3.8, 4) is 0 Å². The molecule has 1 aromatic heterocycles. The SMILES string of the molecule is CCN(CC(N)=S)C(=O)c1ccc2nccnc2c1. The Labute approximate surface area is 116 Å². The number of carbonyl (C=O) groups is 1. The van der Waals surface area contributed by atoms with Gasteiger partial charge in [0.15, 0.2) is 0 Å². The molecule has 5 nitrogen and oxygen atoms in total. The van der Waals surface area contributed by atoms with Crippen LogP contribution in [0.4, 0.5) is 0 Å². The topological polar surface area (TPSA) is 72.1 Å². The quantitative estimate of drug-likeness (QED) is 0.853. The molecule has 0 bridgehead atoms. The van der Waals surface area contributed by atoms with Crippen LogP contribution in [-0.4, -0.2) is 38.9 Å². The lowest BCUT2D eigenvalue weighted by Gasteiger charge is -2.20. The molecular weight excluding hydrogens is 260 g/mol. The minimum absolute atomic E-state index is 0.108. The van der Waals surface area contributed by atoms with Crippen LogP contribution in [0.25, 0.3) is 11.0 Å². The van der Waals surface area contributed by atoms with Gasteiger partial charge in [0.05, 0.1) is 22.6 Å². The van der Waals surface area contributed by atoms with E-state index in [9.17, 15) is 4.79 Å². The smallest absolute Gasteiger partial charge is 0.254 e. The maximum absolute atomic E-state index is 12.3. The number of nitrogens with two attached hydrogens (primary N) is 1. The summed E-state index contributed by atoms with van der Waals surface area (Å²) < 4.78 is 0. The van der Waals surface area contributed by atoms with E-state index in [0.717, 1.165) is 5.52 Å². The van der Waals surface area contributed by atoms with Crippen molar-refractivity contribution >= 4 is 34.1 Å². The van der Waals surface area contributed by atoms with Gasteiger partial charge in [-0.1, -0.05) is 12.2 Å². The Morgan fingerprint density at radius 3 is 2.63 bits per heavy atom. The zero-order valence-corrected chi connectivity index (χ0v) is 11.4. The predicted molar refractivity (Wildman–Crippen MR) is 77.9 cm³/mol. The maximum Gasteiger partial charge on any atom is 0.254 e. The van der Waals surface area contributed by atoms with Gasteiger partial charge in [-0.15, -0.1) is 0 Å². The van der Waals surface area contributed by atoms with E-state index in [1.807, 2.05) is 6.92 Å². The van der Waals surface area contributed by atoms with Crippen LogP contribution in [0, 0.1) is 0 Å². The molecule has 2 N–H and O–H groups in total. The Balaban J connectivity index is 2.32. The Morgan fingerprint density at radius 2 is 2.00 bits per heavy atom. The Morgan fingerprint density at radius 1 is 1.32 bits per heavy atom. The molecule has 0 radical (unpaired) electrons. The van der Waals surface area contributed by atoms with Gasteiger partial charge in [0, 0.05) is 24.5 Å². The van der Waals surface area contributed by atoms with Crippen molar-refractivity contribution in [1.82, 2.24) is 14.9 Å². The minimum Gasteiger partial charge on any atom is -0.392 e. The average Bonchev–Trinajstić information content (AvgIpc) is 2.43. The molecule has 0 saturated carbocycles. The summed E-state index contributed by atoms with van der Waals surface area (Å²) in [6.07, 6.45) is 3.22. The third-order valence-corrected chi connectivity index (χ3v) is 2.86. The molecule has 2 rings (SSSR count). The van der Waals surface area contributed by atoms with Crippen LogP contribution < -0.4 is 5.73 Å². The molecule has 0 saturated heterocycles. The van der Waals surface area contributed by atoms with Crippen molar-refractivity contribution in [3.63, 3.8) is 0 Å². The third-order valence-electron chi connectivity index (χ3n) is 2.73. The lowest BCUT2D eigenvalue weighted by Crippen LogP contribution is -2.37. The van der Waals surface area contributed by atoms with Crippen LogP contribution in [0.15, 0.2) is 30.6 Å². The molecule has 0 aliphatic rings. The summed E-state index contributed by atoms with van der Waals surface area (Å²) in [6.45, 7) is 2.72. The van der Waals surface area contributed by atoms with E-state index in [1.165, 1.54) is 0 Å². The van der Waals surface area contributed by atoms with Gasteiger partial charge in [-0.3, -0.25) is 14.8 Å². The van der Waals surface area contributed by atoms with Crippen molar-refractivity contribution in [1.29, 1.82) is 0 Å². The summed E-state index contributed by atoms with van der Waals surface area (Å²) in [6, 6.07) is 5.25. The van der Waals surface area contributed by atoms with Crippen LogP contribution in [0.5, 0.6) is 0 Å². The monoisotopic (exact) mass is 274 g/mol. The Bertz CT molecular complexity index is 629. The van der Waals surface area contributed by atoms with Gasteiger partial charge in [-0.25, -0.2) is 0 Å². The van der Waals surface area contributed by atoms with Gasteiger partial charge in [0.2, 0.25) is 0 Å². The largest absolute Gasteiger partial charge is 0.392 e. The fourth-order valence-corrected chi connectivity index (χ4v) is 1.95. The maximum atomic E-state index is 12.3. The first kappa shape index (κ1) is 13.4. The molecule has 1 heterocycles. The second-order valence-corrected chi connectivity index (χ2v) is 4.57. The van der Waals surface area contributed by atoms with Gasteiger partial charge >= 0.3 is 0 Å². The molecule has 19 heavy (non-hydrogen) atoms. The van der Waals surface area contributed by atoms with Crippen molar-refractivity contribution in [3.05, 3.63) is 36.2 Å². The molecule has 6 heteroatoms. The van der Waals surface area contributed by atoms with Gasteiger partial charge < -0.3 is 10.6 Å². The molecule has 0 atom stereocenters. The highest BCUT2D eigenvalue weighted by atomic mass is 32.1. The number of carbonyl (C=O) groups excluding carboxylic acids is 1. The van der Waals surface area contributed by atoms with Crippen molar-refractivity contribution < 1.29 is 4.79 Å². The highest BCUT2D eigenvalue weighted by Gasteiger charge is 2.15. The van der Waals surface area contributed by atoms with E-state index in [0.29, 0.717) is 22.6 Å². The number of benzene rings is 1.